The van der Waals surface area contributed by atoms with E-state index in [9.17, 15) is 4.39 Å². The lowest BCUT2D eigenvalue weighted by Gasteiger charge is -2.12. The Labute approximate surface area is 101 Å². The number of hydrogen-bond acceptors (Lipinski definition) is 1. The summed E-state index contributed by atoms with van der Waals surface area (Å²) in [5, 5.41) is 4.13. The van der Waals surface area contributed by atoms with Crippen LogP contribution in [-0.4, -0.2) is 12.6 Å². The number of rotatable bonds is 3. The average Bonchev–Trinajstić information content (AvgIpc) is 2.73. The molecule has 1 aliphatic rings. The van der Waals surface area contributed by atoms with Gasteiger partial charge < -0.3 is 5.32 Å². The molecule has 88 valence electrons. The van der Waals surface area contributed by atoms with Gasteiger partial charge in [-0.2, -0.15) is 0 Å². The van der Waals surface area contributed by atoms with E-state index in [1.165, 1.54) is 19.8 Å². The summed E-state index contributed by atoms with van der Waals surface area (Å²) in [5.41, 5.74) is 1.78. The van der Waals surface area contributed by atoms with Gasteiger partial charge in [-0.05, 0) is 49.9 Å². The third kappa shape index (κ3) is 2.74. The Morgan fingerprint density at radius 3 is 2.94 bits per heavy atom. The van der Waals surface area contributed by atoms with E-state index in [1.807, 2.05) is 12.1 Å². The molecule has 1 fully saturated rings. The van der Waals surface area contributed by atoms with E-state index in [4.69, 9.17) is 11.6 Å². The van der Waals surface area contributed by atoms with Crippen LogP contribution in [0.3, 0.4) is 0 Å². The molecule has 1 saturated heterocycles. The molecule has 0 aromatic heterocycles. The molecule has 0 saturated carbocycles. The van der Waals surface area contributed by atoms with Crippen LogP contribution in [0.5, 0.6) is 0 Å². The molecule has 0 amide bonds. The first-order valence-corrected chi connectivity index (χ1v) is 6.20. The van der Waals surface area contributed by atoms with Crippen LogP contribution in [0.1, 0.15) is 37.1 Å². The molecule has 0 bridgehead atoms. The van der Waals surface area contributed by atoms with Crippen LogP contribution in [0.4, 0.5) is 4.39 Å². The number of halogens is 2. The molecule has 0 radical (unpaired) electrons. The molecule has 0 aliphatic carbocycles. The molecule has 2 atom stereocenters. The van der Waals surface area contributed by atoms with E-state index >= 15 is 0 Å². The largest absolute Gasteiger partial charge is 0.314 e. The molecular formula is C13H17ClFN. The maximum Gasteiger partial charge on any atom is 0.122 e. The Morgan fingerprint density at radius 2 is 2.38 bits per heavy atom. The van der Waals surface area contributed by atoms with Gasteiger partial charge in [-0.1, -0.05) is 23.7 Å². The highest BCUT2D eigenvalue weighted by atomic mass is 35.5. The smallest absolute Gasteiger partial charge is 0.122 e. The van der Waals surface area contributed by atoms with E-state index < -0.39 is 6.17 Å². The second-order valence-electron chi connectivity index (χ2n) is 4.46. The predicted molar refractivity (Wildman–Crippen MR) is 65.7 cm³/mol. The molecule has 2 rings (SSSR count). The zero-order chi connectivity index (χ0) is 11.5. The minimum atomic E-state index is -0.948. The standard InChI is InChI=1S/C13H17ClFN/c1-9(15)10-4-5-11(13(14)8-10)7-12-3-2-6-16-12/h4-5,8-9,12,16H,2-3,6-7H2,1H3. The van der Waals surface area contributed by atoms with Crippen LogP contribution in [0.2, 0.25) is 5.02 Å². The maximum atomic E-state index is 13.1. The van der Waals surface area contributed by atoms with Gasteiger partial charge in [-0.25, -0.2) is 4.39 Å². The molecule has 1 aromatic carbocycles. The molecular weight excluding hydrogens is 225 g/mol. The number of benzene rings is 1. The predicted octanol–water partition coefficient (Wildman–Crippen LogP) is 3.67. The van der Waals surface area contributed by atoms with Crippen molar-refractivity contribution in [1.29, 1.82) is 0 Å². The first-order chi connectivity index (χ1) is 7.66. The Bertz CT molecular complexity index is 359. The lowest BCUT2D eigenvalue weighted by atomic mass is 10.0. The molecule has 16 heavy (non-hydrogen) atoms. The van der Waals surface area contributed by atoms with Crippen molar-refractivity contribution in [2.75, 3.05) is 6.54 Å². The van der Waals surface area contributed by atoms with Crippen molar-refractivity contribution in [2.24, 2.45) is 0 Å². The third-order valence-corrected chi connectivity index (χ3v) is 3.52. The molecule has 1 nitrogen and oxygen atoms in total. The summed E-state index contributed by atoms with van der Waals surface area (Å²) >= 11 is 6.16. The number of hydrogen-bond donors (Lipinski definition) is 1. The van der Waals surface area contributed by atoms with E-state index in [2.05, 4.69) is 5.32 Å². The zero-order valence-electron chi connectivity index (χ0n) is 9.47. The quantitative estimate of drug-likeness (QED) is 0.852. The van der Waals surface area contributed by atoms with Gasteiger partial charge in [0.25, 0.3) is 0 Å². The SMILES string of the molecule is CC(F)c1ccc(CC2CCCN2)c(Cl)c1. The fraction of sp³-hybridized carbons (Fsp3) is 0.538. The minimum absolute atomic E-state index is 0.533. The molecule has 3 heteroatoms. The number of alkyl halides is 1. The highest BCUT2D eigenvalue weighted by Gasteiger charge is 2.16. The molecule has 1 N–H and O–H groups in total. The van der Waals surface area contributed by atoms with Gasteiger partial charge in [0.15, 0.2) is 0 Å². The van der Waals surface area contributed by atoms with Crippen molar-refractivity contribution in [3.8, 4) is 0 Å². The van der Waals surface area contributed by atoms with Crippen molar-refractivity contribution in [2.45, 2.75) is 38.4 Å². The Kier molecular flexibility index (Phi) is 3.82. The van der Waals surface area contributed by atoms with E-state index in [-0.39, 0.29) is 0 Å². The van der Waals surface area contributed by atoms with Gasteiger partial charge in [0.1, 0.15) is 6.17 Å². The second-order valence-corrected chi connectivity index (χ2v) is 4.87. The summed E-state index contributed by atoms with van der Waals surface area (Å²) in [7, 11) is 0. The average molecular weight is 242 g/mol. The summed E-state index contributed by atoms with van der Waals surface area (Å²) in [6.45, 7) is 2.63. The molecule has 2 unspecified atom stereocenters. The Morgan fingerprint density at radius 1 is 1.56 bits per heavy atom. The molecule has 0 spiro atoms. The second kappa shape index (κ2) is 5.15. The maximum absolute atomic E-state index is 13.1. The van der Waals surface area contributed by atoms with Crippen LogP contribution < -0.4 is 5.32 Å². The van der Waals surface area contributed by atoms with Crippen molar-refractivity contribution in [3.05, 3.63) is 34.3 Å². The summed E-state index contributed by atoms with van der Waals surface area (Å²) < 4.78 is 13.1. The van der Waals surface area contributed by atoms with Gasteiger partial charge in [0.2, 0.25) is 0 Å². The van der Waals surface area contributed by atoms with Crippen LogP contribution in [0, 0.1) is 0 Å². The minimum Gasteiger partial charge on any atom is -0.314 e. The fourth-order valence-corrected chi connectivity index (χ4v) is 2.44. The molecule has 1 aliphatic heterocycles. The van der Waals surface area contributed by atoms with E-state index in [0.717, 1.165) is 18.5 Å². The highest BCUT2D eigenvalue weighted by Crippen LogP contribution is 2.25. The molecule has 1 aromatic rings. The van der Waals surface area contributed by atoms with Crippen molar-refractivity contribution in [3.63, 3.8) is 0 Å². The lowest BCUT2D eigenvalue weighted by Crippen LogP contribution is -2.23. The Hall–Kier alpha value is -0.600. The topological polar surface area (TPSA) is 12.0 Å². The van der Waals surface area contributed by atoms with E-state index in [1.54, 1.807) is 6.07 Å². The van der Waals surface area contributed by atoms with Gasteiger partial charge in [0.05, 0.1) is 0 Å². The number of nitrogens with one attached hydrogen (secondary N) is 1. The van der Waals surface area contributed by atoms with Gasteiger partial charge in [0, 0.05) is 11.1 Å². The fourth-order valence-electron chi connectivity index (χ4n) is 2.17. The first-order valence-electron chi connectivity index (χ1n) is 5.82. The normalized spacial score (nSPS) is 22.3. The van der Waals surface area contributed by atoms with Crippen LogP contribution >= 0.6 is 11.6 Å². The van der Waals surface area contributed by atoms with Crippen LogP contribution in [0.25, 0.3) is 0 Å². The summed E-state index contributed by atoms with van der Waals surface area (Å²) in [6, 6.07) is 6.07. The van der Waals surface area contributed by atoms with Crippen LogP contribution in [0.15, 0.2) is 18.2 Å². The van der Waals surface area contributed by atoms with E-state index in [0.29, 0.717) is 16.6 Å². The van der Waals surface area contributed by atoms with Gasteiger partial charge in [-0.3, -0.25) is 0 Å². The van der Waals surface area contributed by atoms with Crippen molar-refractivity contribution in [1.82, 2.24) is 5.32 Å². The zero-order valence-corrected chi connectivity index (χ0v) is 10.2. The summed E-state index contributed by atoms with van der Waals surface area (Å²) in [4.78, 5) is 0. The first kappa shape index (κ1) is 11.9. The summed E-state index contributed by atoms with van der Waals surface area (Å²) in [6.07, 6.45) is 2.44. The van der Waals surface area contributed by atoms with Crippen molar-refractivity contribution < 1.29 is 4.39 Å². The molecule has 1 heterocycles. The monoisotopic (exact) mass is 241 g/mol. The van der Waals surface area contributed by atoms with Crippen LogP contribution in [-0.2, 0) is 6.42 Å². The highest BCUT2D eigenvalue weighted by molar-refractivity contribution is 6.31. The van der Waals surface area contributed by atoms with Gasteiger partial charge >= 0.3 is 0 Å². The van der Waals surface area contributed by atoms with Gasteiger partial charge in [-0.15, -0.1) is 0 Å². The van der Waals surface area contributed by atoms with Crippen molar-refractivity contribution >= 4 is 11.6 Å². The summed E-state index contributed by atoms with van der Waals surface area (Å²) in [5.74, 6) is 0. The third-order valence-electron chi connectivity index (χ3n) is 3.17. The Balaban J connectivity index is 2.09. The lowest BCUT2D eigenvalue weighted by molar-refractivity contribution is 0.374.